The van der Waals surface area contributed by atoms with Crippen LogP contribution >= 0.6 is 11.3 Å². The number of nitrogens with zero attached hydrogens (tertiary/aromatic N) is 2. The molecule has 2 aromatic rings. The molecule has 0 spiro atoms. The van der Waals surface area contributed by atoms with Gasteiger partial charge in [0, 0.05) is 30.4 Å². The van der Waals surface area contributed by atoms with Crippen LogP contribution in [0.2, 0.25) is 0 Å². The van der Waals surface area contributed by atoms with Gasteiger partial charge in [0.25, 0.3) is 0 Å². The molecule has 6 nitrogen and oxygen atoms in total. The number of likely N-dealkylation sites (N-methyl/N-ethyl adjacent to an activating group) is 1. The van der Waals surface area contributed by atoms with Gasteiger partial charge in [0.05, 0.1) is 10.9 Å². The third-order valence-electron chi connectivity index (χ3n) is 5.91. The van der Waals surface area contributed by atoms with E-state index in [1.807, 2.05) is 45.5 Å². The first kappa shape index (κ1) is 22.9. The maximum Gasteiger partial charge on any atom is 0.243 e. The minimum atomic E-state index is -3.52. The molecule has 3 rings (SSSR count). The topological polar surface area (TPSA) is 69.7 Å². The van der Waals surface area contributed by atoms with Crippen molar-refractivity contribution in [3.8, 4) is 0 Å². The summed E-state index contributed by atoms with van der Waals surface area (Å²) in [6.45, 7) is 5.18. The molecule has 1 aromatic heterocycles. The Kier molecular flexibility index (Phi) is 7.34. The van der Waals surface area contributed by atoms with Gasteiger partial charge >= 0.3 is 0 Å². The monoisotopic (exact) mass is 449 g/mol. The van der Waals surface area contributed by atoms with Gasteiger partial charge in [-0.15, -0.1) is 11.3 Å². The van der Waals surface area contributed by atoms with Gasteiger partial charge in [-0.1, -0.05) is 12.1 Å². The summed E-state index contributed by atoms with van der Waals surface area (Å²) < 4.78 is 27.4. The summed E-state index contributed by atoms with van der Waals surface area (Å²) in [4.78, 5) is 16.4. The molecular weight excluding hydrogens is 418 g/mol. The van der Waals surface area contributed by atoms with Crippen molar-refractivity contribution in [3.05, 3.63) is 51.7 Å². The third-order valence-corrected chi connectivity index (χ3v) is 8.77. The van der Waals surface area contributed by atoms with Crippen LogP contribution in [-0.2, 0) is 14.8 Å². The molecule has 0 aliphatic carbocycles. The molecular formula is C22H31N3O3S2. The molecule has 2 heterocycles. The quantitative estimate of drug-likeness (QED) is 0.705. The molecule has 1 atom stereocenters. The van der Waals surface area contributed by atoms with Crippen LogP contribution in [0.1, 0.15) is 34.9 Å². The fraction of sp³-hybridized carbons (Fsp3) is 0.500. The largest absolute Gasteiger partial charge is 0.354 e. The van der Waals surface area contributed by atoms with Crippen molar-refractivity contribution in [2.45, 2.75) is 37.6 Å². The van der Waals surface area contributed by atoms with E-state index in [4.69, 9.17) is 0 Å². The number of nitrogens with one attached hydrogen (secondary N) is 1. The van der Waals surface area contributed by atoms with Crippen LogP contribution in [0.5, 0.6) is 0 Å². The predicted molar refractivity (Wildman–Crippen MR) is 121 cm³/mol. The highest BCUT2D eigenvalue weighted by molar-refractivity contribution is 7.89. The lowest BCUT2D eigenvalue weighted by molar-refractivity contribution is -0.126. The number of carbonyl (C=O) groups is 1. The number of aryl methyl sites for hydroxylation is 2. The minimum Gasteiger partial charge on any atom is -0.354 e. The molecule has 1 aliphatic rings. The summed E-state index contributed by atoms with van der Waals surface area (Å²) >= 11 is 1.68. The molecule has 1 aliphatic heterocycles. The van der Waals surface area contributed by atoms with Gasteiger partial charge in [-0.3, -0.25) is 4.79 Å². The Morgan fingerprint density at radius 2 is 1.90 bits per heavy atom. The number of sulfonamides is 1. The van der Waals surface area contributed by atoms with Crippen LogP contribution in [0.25, 0.3) is 0 Å². The molecule has 0 radical (unpaired) electrons. The van der Waals surface area contributed by atoms with E-state index in [9.17, 15) is 13.2 Å². The summed E-state index contributed by atoms with van der Waals surface area (Å²) in [7, 11) is 0.493. The molecule has 1 amide bonds. The number of carbonyl (C=O) groups excluding carboxylic acids is 1. The summed E-state index contributed by atoms with van der Waals surface area (Å²) in [5.74, 6) is -0.135. The molecule has 1 fully saturated rings. The van der Waals surface area contributed by atoms with E-state index < -0.39 is 10.0 Å². The van der Waals surface area contributed by atoms with Crippen LogP contribution in [0.3, 0.4) is 0 Å². The standard InChI is InChI=1S/C22H31N3O3S2/c1-16-7-8-19(14-17(16)2)30(27,28)25-11-9-18(10-12-25)22(26)23-15-20(24(3)4)21-6-5-13-29-21/h5-8,13-14,18,20H,9-12,15H2,1-4H3,(H,23,26)/t20-/m1/s1. The van der Waals surface area contributed by atoms with Crippen LogP contribution in [-0.4, -0.2) is 57.3 Å². The Hall–Kier alpha value is -1.74. The lowest BCUT2D eigenvalue weighted by atomic mass is 9.97. The van der Waals surface area contributed by atoms with Gasteiger partial charge in [-0.2, -0.15) is 4.31 Å². The number of hydrogen-bond acceptors (Lipinski definition) is 5. The Morgan fingerprint density at radius 1 is 1.20 bits per heavy atom. The molecule has 1 N–H and O–H groups in total. The van der Waals surface area contributed by atoms with Crippen LogP contribution in [0, 0.1) is 19.8 Å². The van der Waals surface area contributed by atoms with E-state index in [1.165, 1.54) is 9.18 Å². The van der Waals surface area contributed by atoms with Gasteiger partial charge in [0.1, 0.15) is 0 Å². The van der Waals surface area contributed by atoms with Gasteiger partial charge in [-0.05, 0) is 75.5 Å². The summed E-state index contributed by atoms with van der Waals surface area (Å²) in [6.07, 6.45) is 1.09. The van der Waals surface area contributed by atoms with Crippen molar-refractivity contribution >= 4 is 27.3 Å². The van der Waals surface area contributed by atoms with Gasteiger partial charge in [0.15, 0.2) is 0 Å². The van der Waals surface area contributed by atoms with E-state index in [-0.39, 0.29) is 17.9 Å². The average molecular weight is 450 g/mol. The Bertz CT molecular complexity index is 964. The van der Waals surface area contributed by atoms with Crippen LogP contribution in [0.15, 0.2) is 40.6 Å². The van der Waals surface area contributed by atoms with E-state index in [2.05, 4.69) is 16.3 Å². The average Bonchev–Trinajstić information content (AvgIpc) is 3.24. The van der Waals surface area contributed by atoms with Crippen LogP contribution < -0.4 is 5.32 Å². The molecule has 8 heteroatoms. The summed E-state index contributed by atoms with van der Waals surface area (Å²) in [5, 5.41) is 5.12. The van der Waals surface area contributed by atoms with Crippen molar-refractivity contribution in [1.82, 2.24) is 14.5 Å². The van der Waals surface area contributed by atoms with Crippen LogP contribution in [0.4, 0.5) is 0 Å². The fourth-order valence-electron chi connectivity index (χ4n) is 3.74. The highest BCUT2D eigenvalue weighted by Crippen LogP contribution is 2.26. The van der Waals surface area contributed by atoms with Crippen molar-refractivity contribution < 1.29 is 13.2 Å². The normalized spacial score (nSPS) is 17.2. The molecule has 164 valence electrons. The zero-order valence-electron chi connectivity index (χ0n) is 18.1. The van der Waals surface area contributed by atoms with E-state index in [1.54, 1.807) is 23.5 Å². The minimum absolute atomic E-state index is 0.0154. The second kappa shape index (κ2) is 9.60. The fourth-order valence-corrected chi connectivity index (χ4v) is 6.22. The van der Waals surface area contributed by atoms with Crippen molar-refractivity contribution in [2.24, 2.45) is 5.92 Å². The van der Waals surface area contributed by atoms with Crippen molar-refractivity contribution in [2.75, 3.05) is 33.7 Å². The van der Waals surface area contributed by atoms with Gasteiger partial charge in [-0.25, -0.2) is 8.42 Å². The second-order valence-electron chi connectivity index (χ2n) is 8.16. The first-order chi connectivity index (χ1) is 14.2. The lowest BCUT2D eigenvalue weighted by Gasteiger charge is -2.31. The van der Waals surface area contributed by atoms with E-state index in [0.717, 1.165) is 11.1 Å². The number of rotatable bonds is 7. The number of thiophene rings is 1. The summed E-state index contributed by atoms with van der Waals surface area (Å²) in [6, 6.07) is 9.48. The molecule has 0 saturated carbocycles. The highest BCUT2D eigenvalue weighted by Gasteiger charge is 2.32. The number of amides is 1. The second-order valence-corrected chi connectivity index (χ2v) is 11.1. The van der Waals surface area contributed by atoms with Gasteiger partial charge in [0.2, 0.25) is 15.9 Å². The van der Waals surface area contributed by atoms with Crippen molar-refractivity contribution in [3.63, 3.8) is 0 Å². The number of benzene rings is 1. The third kappa shape index (κ3) is 5.11. The zero-order valence-corrected chi connectivity index (χ0v) is 19.7. The molecule has 1 aromatic carbocycles. The molecule has 0 unspecified atom stereocenters. The number of piperidine rings is 1. The Labute approximate surface area is 183 Å². The maximum absolute atomic E-state index is 13.0. The van der Waals surface area contributed by atoms with E-state index in [0.29, 0.717) is 37.4 Å². The molecule has 30 heavy (non-hydrogen) atoms. The lowest BCUT2D eigenvalue weighted by Crippen LogP contribution is -2.44. The Balaban J connectivity index is 1.57. The number of hydrogen-bond donors (Lipinski definition) is 1. The SMILES string of the molecule is Cc1ccc(S(=O)(=O)N2CCC(C(=O)NC[C@H](c3cccs3)N(C)C)CC2)cc1C. The maximum atomic E-state index is 13.0. The molecule has 1 saturated heterocycles. The Morgan fingerprint density at radius 3 is 2.47 bits per heavy atom. The predicted octanol–water partition coefficient (Wildman–Crippen LogP) is 3.18. The van der Waals surface area contributed by atoms with Crippen molar-refractivity contribution in [1.29, 1.82) is 0 Å². The zero-order chi connectivity index (χ0) is 21.9. The first-order valence-electron chi connectivity index (χ1n) is 10.2. The first-order valence-corrected chi connectivity index (χ1v) is 12.6. The summed E-state index contributed by atoms with van der Waals surface area (Å²) in [5.41, 5.74) is 2.04. The highest BCUT2D eigenvalue weighted by atomic mass is 32.2. The van der Waals surface area contributed by atoms with Gasteiger partial charge < -0.3 is 10.2 Å². The smallest absolute Gasteiger partial charge is 0.243 e. The molecule has 0 bridgehead atoms. The van der Waals surface area contributed by atoms with E-state index >= 15 is 0 Å².